The van der Waals surface area contributed by atoms with Crippen LogP contribution in [0.2, 0.25) is 0 Å². The number of non-ortho nitro benzene ring substituents is 1. The summed E-state index contributed by atoms with van der Waals surface area (Å²) in [7, 11) is 0. The number of terminal acetylenes is 1. The van der Waals surface area contributed by atoms with Crippen molar-refractivity contribution in [2.24, 2.45) is 0 Å². The summed E-state index contributed by atoms with van der Waals surface area (Å²) in [6.45, 7) is 3.35. The third-order valence-corrected chi connectivity index (χ3v) is 3.13. The van der Waals surface area contributed by atoms with Crippen molar-refractivity contribution in [3.63, 3.8) is 0 Å². The van der Waals surface area contributed by atoms with Gasteiger partial charge in [0.05, 0.1) is 16.0 Å². The van der Waals surface area contributed by atoms with Gasteiger partial charge in [-0.05, 0) is 42.5 Å². The lowest BCUT2D eigenvalue weighted by molar-refractivity contribution is -0.384. The monoisotopic (exact) mass is 358 g/mol. The Labute approximate surface area is 118 Å². The molecule has 0 aliphatic heterocycles. The van der Waals surface area contributed by atoms with Crippen LogP contribution in [0.4, 0.5) is 5.69 Å². The molecule has 1 aromatic rings. The van der Waals surface area contributed by atoms with Crippen molar-refractivity contribution in [2.75, 3.05) is 0 Å². The van der Waals surface area contributed by atoms with Crippen molar-refractivity contribution in [1.82, 2.24) is 5.32 Å². The molecule has 0 bridgehead atoms. The van der Waals surface area contributed by atoms with E-state index in [-0.39, 0.29) is 11.3 Å². The first-order chi connectivity index (χ1) is 8.26. The van der Waals surface area contributed by atoms with E-state index in [9.17, 15) is 14.9 Å². The molecule has 1 amide bonds. The SMILES string of the molecule is C#CC(C)(C)NC(=O)c1cc([N+](=O)[O-])ccc1I. The van der Waals surface area contributed by atoms with Crippen molar-refractivity contribution in [2.45, 2.75) is 19.4 Å². The zero-order valence-corrected chi connectivity index (χ0v) is 12.0. The molecule has 5 nitrogen and oxygen atoms in total. The first kappa shape index (κ1) is 14.4. The molecule has 0 aliphatic carbocycles. The van der Waals surface area contributed by atoms with Gasteiger partial charge in [-0.15, -0.1) is 6.42 Å². The van der Waals surface area contributed by atoms with Gasteiger partial charge in [0.1, 0.15) is 0 Å². The topological polar surface area (TPSA) is 72.2 Å². The Morgan fingerprint density at radius 3 is 2.67 bits per heavy atom. The highest BCUT2D eigenvalue weighted by Gasteiger charge is 2.21. The number of halogens is 1. The number of nitro benzene ring substituents is 1. The molecule has 0 fully saturated rings. The van der Waals surface area contributed by atoms with Crippen LogP contribution in [0.25, 0.3) is 0 Å². The summed E-state index contributed by atoms with van der Waals surface area (Å²) < 4.78 is 0.628. The van der Waals surface area contributed by atoms with E-state index in [4.69, 9.17) is 6.42 Å². The predicted octanol–water partition coefficient (Wildman–Crippen LogP) is 2.34. The van der Waals surface area contributed by atoms with E-state index >= 15 is 0 Å². The summed E-state index contributed by atoms with van der Waals surface area (Å²) in [5.74, 6) is 2.01. The molecule has 18 heavy (non-hydrogen) atoms. The number of hydrogen-bond acceptors (Lipinski definition) is 3. The minimum absolute atomic E-state index is 0.126. The van der Waals surface area contributed by atoms with E-state index in [0.717, 1.165) is 0 Å². The summed E-state index contributed by atoms with van der Waals surface area (Å²) >= 11 is 1.94. The first-order valence-electron chi connectivity index (χ1n) is 5.01. The minimum Gasteiger partial charge on any atom is -0.336 e. The molecule has 0 radical (unpaired) electrons. The molecular weight excluding hydrogens is 347 g/mol. The average molecular weight is 358 g/mol. The van der Waals surface area contributed by atoms with Crippen molar-refractivity contribution < 1.29 is 9.72 Å². The van der Waals surface area contributed by atoms with Crippen LogP contribution in [-0.4, -0.2) is 16.4 Å². The molecule has 1 rings (SSSR count). The van der Waals surface area contributed by atoms with Gasteiger partial charge in [0.25, 0.3) is 11.6 Å². The van der Waals surface area contributed by atoms with Gasteiger partial charge in [-0.3, -0.25) is 14.9 Å². The fourth-order valence-corrected chi connectivity index (χ4v) is 1.77. The second-order valence-corrected chi connectivity index (χ2v) is 5.31. The Balaban J connectivity index is 3.10. The second-order valence-electron chi connectivity index (χ2n) is 4.14. The molecule has 0 aromatic heterocycles. The van der Waals surface area contributed by atoms with E-state index in [1.165, 1.54) is 18.2 Å². The molecule has 0 atom stereocenters. The van der Waals surface area contributed by atoms with E-state index in [0.29, 0.717) is 3.57 Å². The molecule has 1 N–H and O–H groups in total. The normalized spacial score (nSPS) is 10.6. The van der Waals surface area contributed by atoms with Gasteiger partial charge in [-0.25, -0.2) is 0 Å². The fraction of sp³-hybridized carbons (Fsp3) is 0.250. The van der Waals surface area contributed by atoms with E-state index in [2.05, 4.69) is 11.2 Å². The lowest BCUT2D eigenvalue weighted by Crippen LogP contribution is -2.42. The third kappa shape index (κ3) is 3.43. The smallest absolute Gasteiger partial charge is 0.270 e. The maximum absolute atomic E-state index is 12.0. The van der Waals surface area contributed by atoms with Gasteiger partial charge in [-0.1, -0.05) is 5.92 Å². The number of benzene rings is 1. The lowest BCUT2D eigenvalue weighted by atomic mass is 10.1. The van der Waals surface area contributed by atoms with Crippen LogP contribution >= 0.6 is 22.6 Å². The fourth-order valence-electron chi connectivity index (χ4n) is 1.19. The van der Waals surface area contributed by atoms with Crippen LogP contribution in [-0.2, 0) is 0 Å². The third-order valence-electron chi connectivity index (χ3n) is 2.19. The Morgan fingerprint density at radius 1 is 1.56 bits per heavy atom. The zero-order valence-electron chi connectivity index (χ0n) is 9.86. The Hall–Kier alpha value is -1.62. The molecule has 0 aliphatic rings. The maximum Gasteiger partial charge on any atom is 0.270 e. The number of carbonyl (C=O) groups is 1. The van der Waals surface area contributed by atoms with Gasteiger partial charge in [0, 0.05) is 15.7 Å². The largest absolute Gasteiger partial charge is 0.336 e. The van der Waals surface area contributed by atoms with Gasteiger partial charge >= 0.3 is 0 Å². The highest BCUT2D eigenvalue weighted by atomic mass is 127. The highest BCUT2D eigenvalue weighted by Crippen LogP contribution is 2.20. The number of amides is 1. The number of hydrogen-bond donors (Lipinski definition) is 1. The molecule has 1 aromatic carbocycles. The summed E-state index contributed by atoms with van der Waals surface area (Å²) in [6, 6.07) is 4.12. The molecule has 0 unspecified atom stereocenters. The molecule has 6 heteroatoms. The number of rotatable bonds is 3. The molecule has 0 saturated heterocycles. The van der Waals surface area contributed by atoms with Crippen molar-refractivity contribution in [3.8, 4) is 12.3 Å². The number of nitrogens with zero attached hydrogens (tertiary/aromatic N) is 1. The van der Waals surface area contributed by atoms with Gasteiger partial charge in [0.15, 0.2) is 0 Å². The average Bonchev–Trinajstić information content (AvgIpc) is 2.28. The number of carbonyl (C=O) groups excluding carboxylic acids is 1. The van der Waals surface area contributed by atoms with Crippen LogP contribution in [0.3, 0.4) is 0 Å². The van der Waals surface area contributed by atoms with Crippen LogP contribution in [0, 0.1) is 26.0 Å². The lowest BCUT2D eigenvalue weighted by Gasteiger charge is -2.19. The summed E-state index contributed by atoms with van der Waals surface area (Å²) in [4.78, 5) is 22.1. The Morgan fingerprint density at radius 2 is 2.17 bits per heavy atom. The quantitative estimate of drug-likeness (QED) is 0.390. The van der Waals surface area contributed by atoms with Crippen LogP contribution < -0.4 is 5.32 Å². The van der Waals surface area contributed by atoms with Gasteiger partial charge in [0.2, 0.25) is 0 Å². The number of nitro groups is 1. The molecule has 0 spiro atoms. The predicted molar refractivity (Wildman–Crippen MR) is 76.2 cm³/mol. The van der Waals surface area contributed by atoms with Crippen molar-refractivity contribution in [3.05, 3.63) is 37.4 Å². The van der Waals surface area contributed by atoms with E-state index in [1.54, 1.807) is 13.8 Å². The van der Waals surface area contributed by atoms with Crippen LogP contribution in [0.1, 0.15) is 24.2 Å². The Kier molecular flexibility index (Phi) is 4.29. The Bertz CT molecular complexity index is 547. The first-order valence-corrected chi connectivity index (χ1v) is 6.09. The van der Waals surface area contributed by atoms with Gasteiger partial charge in [-0.2, -0.15) is 0 Å². The second kappa shape index (κ2) is 5.35. The summed E-state index contributed by atoms with van der Waals surface area (Å²) in [6.07, 6.45) is 5.27. The summed E-state index contributed by atoms with van der Waals surface area (Å²) in [5, 5.41) is 13.3. The number of nitrogens with one attached hydrogen (secondary N) is 1. The molecule has 0 heterocycles. The van der Waals surface area contributed by atoms with Crippen molar-refractivity contribution >= 4 is 34.2 Å². The van der Waals surface area contributed by atoms with Gasteiger partial charge < -0.3 is 5.32 Å². The summed E-state index contributed by atoms with van der Waals surface area (Å²) in [5.41, 5.74) is -0.683. The van der Waals surface area contributed by atoms with E-state index in [1.807, 2.05) is 22.6 Å². The standard InChI is InChI=1S/C12H11IN2O3/c1-4-12(2,3)14-11(16)9-7-8(15(17)18)5-6-10(9)13/h1,5-7H,2-3H3,(H,14,16). The van der Waals surface area contributed by atoms with Crippen LogP contribution in [0.5, 0.6) is 0 Å². The molecule has 0 saturated carbocycles. The van der Waals surface area contributed by atoms with Crippen LogP contribution in [0.15, 0.2) is 18.2 Å². The maximum atomic E-state index is 12.0. The molecular formula is C12H11IN2O3. The zero-order chi connectivity index (χ0) is 13.9. The van der Waals surface area contributed by atoms with E-state index < -0.39 is 16.4 Å². The highest BCUT2D eigenvalue weighted by molar-refractivity contribution is 14.1. The minimum atomic E-state index is -0.801. The van der Waals surface area contributed by atoms with Crippen molar-refractivity contribution in [1.29, 1.82) is 0 Å². The molecule has 94 valence electrons.